The number of phenolic OH excluding ortho intramolecular Hbond substituents is 1. The van der Waals surface area contributed by atoms with E-state index in [4.69, 9.17) is 4.74 Å². The van der Waals surface area contributed by atoms with Crippen LogP contribution in [0.15, 0.2) is 50.4 Å². The van der Waals surface area contributed by atoms with E-state index in [0.29, 0.717) is 11.3 Å². The summed E-state index contributed by atoms with van der Waals surface area (Å²) in [5.74, 6) is 0.0989. The van der Waals surface area contributed by atoms with Crippen molar-refractivity contribution in [2.45, 2.75) is 0 Å². The first kappa shape index (κ1) is 18.3. The Morgan fingerprint density at radius 3 is 2.79 bits per heavy atom. The number of aromatic hydroxyl groups is 1. The van der Waals surface area contributed by atoms with Gasteiger partial charge in [0.15, 0.2) is 11.5 Å². The van der Waals surface area contributed by atoms with Crippen LogP contribution in [0.2, 0.25) is 0 Å². The minimum atomic E-state index is -0.285. The van der Waals surface area contributed by atoms with Crippen LogP contribution in [0, 0.1) is 0 Å². The molecule has 3 N–H and O–H groups in total. The summed E-state index contributed by atoms with van der Waals surface area (Å²) in [6, 6.07) is 10.4. The molecule has 0 heterocycles. The zero-order valence-electron chi connectivity index (χ0n) is 12.7. The maximum atomic E-state index is 11.8. The number of carbonyl (C=O) groups is 1. The molecule has 0 unspecified atom stereocenters. The third kappa shape index (κ3) is 5.24. The summed E-state index contributed by atoms with van der Waals surface area (Å²) in [5, 5.41) is 16.4. The molecule has 8 heteroatoms. The molecule has 0 aliphatic rings. The molecule has 0 atom stereocenters. The van der Waals surface area contributed by atoms with Crippen molar-refractivity contribution in [3.63, 3.8) is 0 Å². The number of methoxy groups -OCH3 is 1. The van der Waals surface area contributed by atoms with Gasteiger partial charge in [0, 0.05) is 14.6 Å². The summed E-state index contributed by atoms with van der Waals surface area (Å²) >= 11 is 6.78. The van der Waals surface area contributed by atoms with E-state index in [9.17, 15) is 9.90 Å². The number of hydrazone groups is 1. The Morgan fingerprint density at radius 2 is 2.08 bits per heavy atom. The number of nitrogens with one attached hydrogen (secondary N) is 2. The van der Waals surface area contributed by atoms with Crippen molar-refractivity contribution in [2.75, 3.05) is 19.0 Å². The number of hydrogen-bond donors (Lipinski definition) is 3. The lowest BCUT2D eigenvalue weighted by atomic mass is 10.2. The van der Waals surface area contributed by atoms with Crippen molar-refractivity contribution < 1.29 is 14.6 Å². The Kier molecular flexibility index (Phi) is 6.62. The first-order chi connectivity index (χ1) is 11.5. The SMILES string of the molecule is COc1cc(/C=N/NC(=O)CNc2ccc(Br)cc2Br)ccc1O. The predicted octanol–water partition coefficient (Wildman–Crippen LogP) is 3.49. The first-order valence-electron chi connectivity index (χ1n) is 6.87. The van der Waals surface area contributed by atoms with Crippen LogP contribution < -0.4 is 15.5 Å². The van der Waals surface area contributed by atoms with Crippen LogP contribution in [0.5, 0.6) is 11.5 Å². The zero-order chi connectivity index (χ0) is 17.5. The quantitative estimate of drug-likeness (QED) is 0.459. The highest BCUT2D eigenvalue weighted by molar-refractivity contribution is 9.11. The molecule has 6 nitrogen and oxygen atoms in total. The fourth-order valence-electron chi connectivity index (χ4n) is 1.80. The summed E-state index contributed by atoms with van der Waals surface area (Å²) in [4.78, 5) is 11.8. The lowest BCUT2D eigenvalue weighted by molar-refractivity contribution is -0.119. The van der Waals surface area contributed by atoms with Crippen molar-refractivity contribution in [3.05, 3.63) is 50.9 Å². The second-order valence-corrected chi connectivity index (χ2v) is 6.47. The maximum absolute atomic E-state index is 11.8. The standard InChI is InChI=1S/C16H15Br2N3O3/c1-24-15-6-10(2-5-14(15)22)8-20-21-16(23)9-19-13-4-3-11(17)7-12(13)18/h2-8,19,22H,9H2,1H3,(H,21,23)/b20-8+. The molecule has 2 rings (SSSR count). The molecule has 0 radical (unpaired) electrons. The first-order valence-corrected chi connectivity index (χ1v) is 8.46. The number of anilines is 1. The van der Waals surface area contributed by atoms with Crippen LogP contribution in [0.3, 0.4) is 0 Å². The number of carbonyl (C=O) groups excluding carboxylic acids is 1. The average Bonchev–Trinajstić information content (AvgIpc) is 2.55. The van der Waals surface area contributed by atoms with Gasteiger partial charge >= 0.3 is 0 Å². The number of rotatable bonds is 6. The Morgan fingerprint density at radius 1 is 1.29 bits per heavy atom. The summed E-state index contributed by atoms with van der Waals surface area (Å²) in [7, 11) is 1.46. The van der Waals surface area contributed by atoms with E-state index in [1.807, 2.05) is 18.2 Å². The third-order valence-corrected chi connectivity index (χ3v) is 4.13. The molecular formula is C16H15Br2N3O3. The monoisotopic (exact) mass is 455 g/mol. The molecule has 0 spiro atoms. The largest absolute Gasteiger partial charge is 0.504 e. The van der Waals surface area contributed by atoms with E-state index >= 15 is 0 Å². The van der Waals surface area contributed by atoms with Gasteiger partial charge in [-0.3, -0.25) is 4.79 Å². The summed E-state index contributed by atoms with van der Waals surface area (Å²) < 4.78 is 6.80. The zero-order valence-corrected chi connectivity index (χ0v) is 15.9. The van der Waals surface area contributed by atoms with E-state index in [0.717, 1.165) is 14.6 Å². The minimum absolute atomic E-state index is 0.0444. The highest BCUT2D eigenvalue weighted by Gasteiger charge is 2.04. The van der Waals surface area contributed by atoms with Gasteiger partial charge in [-0.1, -0.05) is 15.9 Å². The molecule has 24 heavy (non-hydrogen) atoms. The van der Waals surface area contributed by atoms with Crippen LogP contribution in [-0.2, 0) is 4.79 Å². The van der Waals surface area contributed by atoms with Gasteiger partial charge in [-0.25, -0.2) is 5.43 Å². The van der Waals surface area contributed by atoms with Crippen molar-refractivity contribution in [2.24, 2.45) is 5.10 Å². The number of hydrogen-bond acceptors (Lipinski definition) is 5. The lowest BCUT2D eigenvalue weighted by Gasteiger charge is -2.07. The molecule has 0 saturated heterocycles. The predicted molar refractivity (Wildman–Crippen MR) is 101 cm³/mol. The molecule has 0 fully saturated rings. The van der Waals surface area contributed by atoms with Gasteiger partial charge in [-0.15, -0.1) is 0 Å². The Labute approximate surface area is 156 Å². The maximum Gasteiger partial charge on any atom is 0.259 e. The van der Waals surface area contributed by atoms with Gasteiger partial charge in [0.05, 0.1) is 19.9 Å². The second-order valence-electron chi connectivity index (χ2n) is 4.70. The summed E-state index contributed by atoms with van der Waals surface area (Å²) in [6.45, 7) is 0.0798. The molecular weight excluding hydrogens is 442 g/mol. The van der Waals surface area contributed by atoms with Crippen LogP contribution >= 0.6 is 31.9 Å². The van der Waals surface area contributed by atoms with Crippen molar-refractivity contribution >= 4 is 49.7 Å². The number of benzene rings is 2. The average molecular weight is 457 g/mol. The van der Waals surface area contributed by atoms with E-state index < -0.39 is 0 Å². The van der Waals surface area contributed by atoms with E-state index in [2.05, 4.69) is 47.7 Å². The van der Waals surface area contributed by atoms with Gasteiger partial charge in [0.1, 0.15) is 0 Å². The van der Waals surface area contributed by atoms with Gasteiger partial charge < -0.3 is 15.2 Å². The van der Waals surface area contributed by atoms with Crippen LogP contribution in [-0.4, -0.2) is 30.9 Å². The molecule has 1 amide bonds. The third-order valence-electron chi connectivity index (χ3n) is 2.98. The normalized spacial score (nSPS) is 10.6. The Balaban J connectivity index is 1.86. The topological polar surface area (TPSA) is 83.0 Å². The lowest BCUT2D eigenvalue weighted by Crippen LogP contribution is -2.26. The molecule has 0 aliphatic heterocycles. The van der Waals surface area contributed by atoms with Crippen molar-refractivity contribution in [1.29, 1.82) is 0 Å². The minimum Gasteiger partial charge on any atom is -0.504 e. The molecule has 0 aromatic heterocycles. The van der Waals surface area contributed by atoms with Gasteiger partial charge in [-0.2, -0.15) is 5.10 Å². The number of phenols is 1. The Hall–Kier alpha value is -2.06. The summed E-state index contributed by atoms with van der Waals surface area (Å²) in [6.07, 6.45) is 1.47. The van der Waals surface area contributed by atoms with Gasteiger partial charge in [-0.05, 0) is 57.9 Å². The summed E-state index contributed by atoms with van der Waals surface area (Å²) in [5.41, 5.74) is 3.92. The number of amides is 1. The Bertz CT molecular complexity index is 766. The molecule has 0 aliphatic carbocycles. The molecule has 2 aromatic rings. The molecule has 0 bridgehead atoms. The van der Waals surface area contributed by atoms with Crippen LogP contribution in [0.1, 0.15) is 5.56 Å². The second kappa shape index (κ2) is 8.70. The molecule has 2 aromatic carbocycles. The van der Waals surface area contributed by atoms with E-state index in [1.165, 1.54) is 19.4 Å². The number of nitrogens with zero attached hydrogens (tertiary/aromatic N) is 1. The van der Waals surface area contributed by atoms with Gasteiger partial charge in [0.25, 0.3) is 5.91 Å². The van der Waals surface area contributed by atoms with Crippen molar-refractivity contribution in [3.8, 4) is 11.5 Å². The number of ether oxygens (including phenoxy) is 1. The highest BCUT2D eigenvalue weighted by Crippen LogP contribution is 2.26. The smallest absolute Gasteiger partial charge is 0.259 e. The molecule has 126 valence electrons. The van der Waals surface area contributed by atoms with Crippen molar-refractivity contribution in [1.82, 2.24) is 5.43 Å². The fraction of sp³-hybridized carbons (Fsp3) is 0.125. The highest BCUT2D eigenvalue weighted by atomic mass is 79.9. The fourth-order valence-corrected chi connectivity index (χ4v) is 2.99. The van der Waals surface area contributed by atoms with E-state index in [1.54, 1.807) is 12.1 Å². The van der Waals surface area contributed by atoms with Gasteiger partial charge in [0.2, 0.25) is 0 Å². The number of halogens is 2. The van der Waals surface area contributed by atoms with Crippen LogP contribution in [0.4, 0.5) is 5.69 Å². The van der Waals surface area contributed by atoms with E-state index in [-0.39, 0.29) is 18.2 Å². The molecule has 0 saturated carbocycles. The van der Waals surface area contributed by atoms with Crippen LogP contribution in [0.25, 0.3) is 0 Å².